The van der Waals surface area contributed by atoms with Gasteiger partial charge in [-0.3, -0.25) is 14.8 Å². The molecular formula is C29H34N6O2. The summed E-state index contributed by atoms with van der Waals surface area (Å²) in [5.74, 6) is 0.781. The number of aromatic nitrogens is 2. The van der Waals surface area contributed by atoms with Crippen molar-refractivity contribution in [1.29, 1.82) is 5.26 Å². The molecule has 0 bridgehead atoms. The second-order valence-electron chi connectivity index (χ2n) is 10.2. The van der Waals surface area contributed by atoms with E-state index in [0.29, 0.717) is 28.8 Å². The monoisotopic (exact) mass is 498 g/mol. The van der Waals surface area contributed by atoms with Crippen LogP contribution in [0.1, 0.15) is 77.9 Å². The maximum absolute atomic E-state index is 13.8. The number of rotatable bonds is 6. The zero-order valence-electron chi connectivity index (χ0n) is 22.0. The van der Waals surface area contributed by atoms with Crippen LogP contribution in [-0.2, 0) is 0 Å². The van der Waals surface area contributed by atoms with Crippen molar-refractivity contribution >= 4 is 22.5 Å². The van der Waals surface area contributed by atoms with Crippen molar-refractivity contribution in [1.82, 2.24) is 20.6 Å². The molecule has 1 aromatic carbocycles. The molecule has 0 radical (unpaired) electrons. The van der Waals surface area contributed by atoms with E-state index in [-0.39, 0.29) is 11.9 Å². The van der Waals surface area contributed by atoms with Crippen molar-refractivity contribution in [2.75, 3.05) is 31.6 Å². The molecule has 1 aliphatic carbocycles. The molecule has 1 aliphatic heterocycles. The van der Waals surface area contributed by atoms with Crippen LogP contribution in [0.25, 0.3) is 10.9 Å². The zero-order valence-corrected chi connectivity index (χ0v) is 22.0. The number of carbonyl (C=O) groups is 1. The summed E-state index contributed by atoms with van der Waals surface area (Å²) >= 11 is 0. The fourth-order valence-electron chi connectivity index (χ4n) is 5.15. The Hall–Kier alpha value is -3.70. The smallest absolute Gasteiger partial charge is 0.255 e. The van der Waals surface area contributed by atoms with Gasteiger partial charge in [0.1, 0.15) is 11.8 Å². The first-order valence-electron chi connectivity index (χ1n) is 13.1. The van der Waals surface area contributed by atoms with E-state index in [9.17, 15) is 10.1 Å². The van der Waals surface area contributed by atoms with Crippen molar-refractivity contribution in [2.24, 2.45) is 0 Å². The lowest BCUT2D eigenvalue weighted by molar-refractivity contribution is 0.0940. The fourth-order valence-corrected chi connectivity index (χ4v) is 5.15. The van der Waals surface area contributed by atoms with Gasteiger partial charge in [0.15, 0.2) is 0 Å². The summed E-state index contributed by atoms with van der Waals surface area (Å²) in [5.41, 5.74) is 5.76. The Balaban J connectivity index is 1.55. The number of ether oxygens (including phenoxy) is 1. The first-order valence-corrected chi connectivity index (χ1v) is 13.1. The quantitative estimate of drug-likeness (QED) is 0.520. The standard InChI is InChI=1S/C29H34N6O2/c1-17-9-11-35(12-10-31-17)28-23-13-18(2)33-26(20-5-6-20)27(23)32-16-24(28)29(36)34-19(3)21-7-8-22(15-30)25(14-21)37-4/h7-8,13-14,16-17,19-20,31H,5-6,9-12H2,1-4H3,(H,34,36)/t17-,19-/m0/s1. The Bertz CT molecular complexity index is 1380. The third-order valence-electron chi connectivity index (χ3n) is 7.41. The predicted octanol–water partition coefficient (Wildman–Crippen LogP) is 4.38. The molecule has 1 saturated heterocycles. The summed E-state index contributed by atoms with van der Waals surface area (Å²) in [6.45, 7) is 8.68. The summed E-state index contributed by atoms with van der Waals surface area (Å²) in [4.78, 5) is 25.8. The molecule has 1 amide bonds. The summed E-state index contributed by atoms with van der Waals surface area (Å²) in [7, 11) is 1.54. The number of hydrogen-bond donors (Lipinski definition) is 2. The van der Waals surface area contributed by atoms with Crippen LogP contribution in [0.2, 0.25) is 0 Å². The van der Waals surface area contributed by atoms with E-state index in [1.165, 1.54) is 0 Å². The maximum Gasteiger partial charge on any atom is 0.255 e. The van der Waals surface area contributed by atoms with Gasteiger partial charge in [0, 0.05) is 48.9 Å². The minimum atomic E-state index is -0.287. The van der Waals surface area contributed by atoms with Gasteiger partial charge in [0.25, 0.3) is 5.91 Å². The first-order chi connectivity index (χ1) is 17.9. The van der Waals surface area contributed by atoms with Crippen LogP contribution in [0.5, 0.6) is 5.75 Å². The molecule has 2 N–H and O–H groups in total. The molecule has 192 valence electrons. The predicted molar refractivity (Wildman–Crippen MR) is 144 cm³/mol. The molecule has 3 aromatic rings. The molecule has 0 unspecified atom stereocenters. The summed E-state index contributed by atoms with van der Waals surface area (Å²) in [6, 6.07) is 9.73. The van der Waals surface area contributed by atoms with E-state index < -0.39 is 0 Å². The molecule has 2 fully saturated rings. The second kappa shape index (κ2) is 10.3. The van der Waals surface area contributed by atoms with Gasteiger partial charge in [0.05, 0.1) is 41.2 Å². The topological polar surface area (TPSA) is 103 Å². The number of nitrogens with one attached hydrogen (secondary N) is 2. The van der Waals surface area contributed by atoms with Gasteiger partial charge in [-0.25, -0.2) is 0 Å². The number of aryl methyl sites for hydroxylation is 1. The normalized spacial score (nSPS) is 18.7. The van der Waals surface area contributed by atoms with Crippen molar-refractivity contribution in [3.8, 4) is 11.8 Å². The lowest BCUT2D eigenvalue weighted by Crippen LogP contribution is -2.33. The highest BCUT2D eigenvalue weighted by molar-refractivity contribution is 6.08. The zero-order chi connectivity index (χ0) is 26.1. The minimum Gasteiger partial charge on any atom is -0.495 e. The molecule has 2 aromatic heterocycles. The van der Waals surface area contributed by atoms with Crippen molar-refractivity contribution < 1.29 is 9.53 Å². The fraction of sp³-hybridized carbons (Fsp3) is 0.448. The molecule has 1 saturated carbocycles. The Labute approximate surface area is 218 Å². The van der Waals surface area contributed by atoms with E-state index in [1.807, 2.05) is 26.0 Å². The number of amides is 1. The summed E-state index contributed by atoms with van der Waals surface area (Å²) in [6.07, 6.45) is 5.00. The number of methoxy groups -OCH3 is 1. The van der Waals surface area contributed by atoms with Crippen molar-refractivity contribution in [3.63, 3.8) is 0 Å². The minimum absolute atomic E-state index is 0.173. The molecule has 0 spiro atoms. The number of benzene rings is 1. The largest absolute Gasteiger partial charge is 0.495 e. The van der Waals surface area contributed by atoms with Crippen molar-refractivity contribution in [3.05, 3.63) is 58.5 Å². The molecular weight excluding hydrogens is 464 g/mol. The van der Waals surface area contributed by atoms with Gasteiger partial charge in [-0.1, -0.05) is 6.07 Å². The number of hydrogen-bond acceptors (Lipinski definition) is 7. The van der Waals surface area contributed by atoms with Crippen LogP contribution in [-0.4, -0.2) is 48.7 Å². The van der Waals surface area contributed by atoms with Crippen molar-refractivity contribution in [2.45, 2.75) is 58.0 Å². The van der Waals surface area contributed by atoms with E-state index in [0.717, 1.165) is 72.4 Å². The third-order valence-corrected chi connectivity index (χ3v) is 7.41. The number of anilines is 1. The Morgan fingerprint density at radius 2 is 2.08 bits per heavy atom. The number of nitrogens with zero attached hydrogens (tertiary/aromatic N) is 4. The molecule has 37 heavy (non-hydrogen) atoms. The Morgan fingerprint density at radius 1 is 1.27 bits per heavy atom. The molecule has 3 heterocycles. The number of fused-ring (bicyclic) bond motifs is 1. The molecule has 2 atom stereocenters. The molecule has 8 nitrogen and oxygen atoms in total. The number of pyridine rings is 2. The average molecular weight is 499 g/mol. The highest BCUT2D eigenvalue weighted by Crippen LogP contribution is 2.43. The Kier molecular flexibility index (Phi) is 6.98. The first kappa shape index (κ1) is 25.0. The van der Waals surface area contributed by atoms with Gasteiger partial charge in [-0.15, -0.1) is 0 Å². The molecule has 2 aliphatic rings. The highest BCUT2D eigenvalue weighted by Gasteiger charge is 2.31. The van der Waals surface area contributed by atoms with Gasteiger partial charge in [0.2, 0.25) is 0 Å². The summed E-state index contributed by atoms with van der Waals surface area (Å²) < 4.78 is 5.37. The van der Waals surface area contributed by atoms with E-state index in [1.54, 1.807) is 19.4 Å². The van der Waals surface area contributed by atoms with E-state index in [4.69, 9.17) is 14.7 Å². The average Bonchev–Trinajstić information content (AvgIpc) is 3.75. The van der Waals surface area contributed by atoms with Crippen LogP contribution < -0.4 is 20.3 Å². The van der Waals surface area contributed by atoms with Gasteiger partial charge in [-0.2, -0.15) is 5.26 Å². The molecule has 5 rings (SSSR count). The Morgan fingerprint density at radius 3 is 2.81 bits per heavy atom. The van der Waals surface area contributed by atoms with Gasteiger partial charge in [-0.05, 0) is 63.8 Å². The van der Waals surface area contributed by atoms with Crippen LogP contribution in [0.3, 0.4) is 0 Å². The van der Waals surface area contributed by atoms with Crippen LogP contribution in [0.15, 0.2) is 30.5 Å². The second-order valence-corrected chi connectivity index (χ2v) is 10.2. The lowest BCUT2D eigenvalue weighted by atomic mass is 10.0. The van der Waals surface area contributed by atoms with Gasteiger partial charge < -0.3 is 20.3 Å². The van der Waals surface area contributed by atoms with Crippen LogP contribution in [0.4, 0.5) is 5.69 Å². The van der Waals surface area contributed by atoms with Gasteiger partial charge >= 0.3 is 0 Å². The maximum atomic E-state index is 13.8. The number of carbonyl (C=O) groups excluding carboxylic acids is 1. The summed E-state index contributed by atoms with van der Waals surface area (Å²) in [5, 5.41) is 17.0. The highest BCUT2D eigenvalue weighted by atomic mass is 16.5. The third kappa shape index (κ3) is 5.09. The van der Waals surface area contributed by atoms with Crippen LogP contribution in [0, 0.1) is 18.3 Å². The number of nitriles is 1. The lowest BCUT2D eigenvalue weighted by Gasteiger charge is -2.27. The van der Waals surface area contributed by atoms with E-state index >= 15 is 0 Å². The SMILES string of the molecule is COc1cc([C@H](C)NC(=O)c2cnc3c(C4CC4)nc(C)cc3c2N2CCN[C@@H](C)CC2)ccc1C#N. The molecule has 8 heteroatoms. The van der Waals surface area contributed by atoms with Crippen LogP contribution >= 0.6 is 0 Å². The van der Waals surface area contributed by atoms with E-state index in [2.05, 4.69) is 34.6 Å².